The number of rotatable bonds is 9. The van der Waals surface area contributed by atoms with Gasteiger partial charge in [0, 0.05) is 25.7 Å². The predicted octanol–water partition coefficient (Wildman–Crippen LogP) is 2.43. The number of nitrogens with one attached hydrogen (secondary N) is 1. The van der Waals surface area contributed by atoms with Gasteiger partial charge in [-0.15, -0.1) is 0 Å². The minimum atomic E-state index is 0.453. The Morgan fingerprint density at radius 3 is 2.92 bits per heavy atom. The number of nitrogens with two attached hydrogens (primary N) is 1. The lowest BCUT2D eigenvalue weighted by Crippen LogP contribution is -2.13. The second-order valence-electron chi connectivity index (χ2n) is 6.13. The molecule has 0 aliphatic rings. The van der Waals surface area contributed by atoms with Crippen LogP contribution in [0.5, 0.6) is 0 Å². The molecule has 25 heavy (non-hydrogen) atoms. The standard InChI is InChI=1S/C18H24N6O/c1-2-3-8-14-23-16-17(24(14)11-5-4-9-20-12-25)15-13(22-18(16)19)7-6-10-21-15/h6-7,10,12H,2-5,8-9,11H2,1H3,(H2,19,22)(H,20,25). The molecule has 0 spiro atoms. The normalized spacial score (nSPS) is 11.2. The number of aromatic nitrogens is 4. The number of carbonyl (C=O) groups is 1. The average molecular weight is 340 g/mol. The summed E-state index contributed by atoms with van der Waals surface area (Å²) in [5.74, 6) is 1.49. The van der Waals surface area contributed by atoms with Crippen LogP contribution in [0.25, 0.3) is 22.1 Å². The van der Waals surface area contributed by atoms with E-state index in [1.165, 1.54) is 0 Å². The molecule has 3 heterocycles. The number of anilines is 1. The Morgan fingerprint density at radius 1 is 1.24 bits per heavy atom. The molecule has 3 N–H and O–H groups in total. The van der Waals surface area contributed by atoms with Crippen molar-refractivity contribution >= 4 is 34.3 Å². The molecule has 1 amide bonds. The van der Waals surface area contributed by atoms with Crippen molar-refractivity contribution in [1.82, 2.24) is 24.8 Å². The number of hydrogen-bond acceptors (Lipinski definition) is 5. The van der Waals surface area contributed by atoms with E-state index in [0.717, 1.165) is 73.0 Å². The van der Waals surface area contributed by atoms with Gasteiger partial charge in [-0.2, -0.15) is 0 Å². The number of aryl methyl sites for hydroxylation is 2. The minimum absolute atomic E-state index is 0.453. The molecule has 0 radical (unpaired) electrons. The summed E-state index contributed by atoms with van der Waals surface area (Å²) >= 11 is 0. The Balaban J connectivity index is 2.04. The second kappa shape index (κ2) is 7.92. The average Bonchev–Trinajstić information content (AvgIpc) is 2.99. The molecule has 0 aliphatic carbocycles. The smallest absolute Gasteiger partial charge is 0.207 e. The van der Waals surface area contributed by atoms with Gasteiger partial charge in [0.2, 0.25) is 6.41 Å². The highest BCUT2D eigenvalue weighted by atomic mass is 16.1. The molecule has 0 fully saturated rings. The Labute approximate surface area is 146 Å². The van der Waals surface area contributed by atoms with E-state index in [-0.39, 0.29) is 0 Å². The van der Waals surface area contributed by atoms with Crippen molar-refractivity contribution in [3.8, 4) is 0 Å². The summed E-state index contributed by atoms with van der Waals surface area (Å²) in [5, 5.41) is 2.71. The summed E-state index contributed by atoms with van der Waals surface area (Å²) in [5.41, 5.74) is 9.50. The number of nitrogens with zero attached hydrogens (tertiary/aromatic N) is 4. The van der Waals surface area contributed by atoms with E-state index in [1.54, 1.807) is 6.20 Å². The molecule has 0 aliphatic heterocycles. The number of hydrogen-bond donors (Lipinski definition) is 2. The Morgan fingerprint density at radius 2 is 2.12 bits per heavy atom. The lowest BCUT2D eigenvalue weighted by molar-refractivity contribution is -0.109. The lowest BCUT2D eigenvalue weighted by Gasteiger charge is -2.10. The van der Waals surface area contributed by atoms with Crippen molar-refractivity contribution in [3.05, 3.63) is 24.2 Å². The van der Waals surface area contributed by atoms with Gasteiger partial charge >= 0.3 is 0 Å². The second-order valence-corrected chi connectivity index (χ2v) is 6.13. The fraction of sp³-hybridized carbons (Fsp3) is 0.444. The highest BCUT2D eigenvalue weighted by molar-refractivity contribution is 6.04. The van der Waals surface area contributed by atoms with E-state index in [9.17, 15) is 4.79 Å². The Hall–Kier alpha value is -2.70. The van der Waals surface area contributed by atoms with Gasteiger partial charge in [0.05, 0.1) is 5.52 Å². The van der Waals surface area contributed by atoms with Crippen LogP contribution in [0.3, 0.4) is 0 Å². The van der Waals surface area contributed by atoms with Crippen molar-refractivity contribution < 1.29 is 4.79 Å². The van der Waals surface area contributed by atoms with Crippen LogP contribution in [0.1, 0.15) is 38.4 Å². The molecule has 3 aromatic heterocycles. The van der Waals surface area contributed by atoms with Gasteiger partial charge in [0.1, 0.15) is 22.4 Å². The number of imidazole rings is 1. The van der Waals surface area contributed by atoms with Gasteiger partial charge < -0.3 is 15.6 Å². The highest BCUT2D eigenvalue weighted by Gasteiger charge is 2.17. The summed E-state index contributed by atoms with van der Waals surface area (Å²) in [4.78, 5) is 24.1. The largest absolute Gasteiger partial charge is 0.382 e. The van der Waals surface area contributed by atoms with Gasteiger partial charge in [-0.05, 0) is 31.4 Å². The first-order valence-corrected chi connectivity index (χ1v) is 8.82. The summed E-state index contributed by atoms with van der Waals surface area (Å²) in [6, 6.07) is 3.79. The van der Waals surface area contributed by atoms with Crippen LogP contribution in [0.15, 0.2) is 18.3 Å². The quantitative estimate of drug-likeness (QED) is 0.460. The van der Waals surface area contributed by atoms with Gasteiger partial charge in [-0.3, -0.25) is 9.78 Å². The van der Waals surface area contributed by atoms with Gasteiger partial charge in [-0.25, -0.2) is 9.97 Å². The molecular weight excluding hydrogens is 316 g/mol. The molecule has 0 saturated carbocycles. The van der Waals surface area contributed by atoms with Gasteiger partial charge in [0.25, 0.3) is 0 Å². The fourth-order valence-electron chi connectivity index (χ4n) is 3.09. The van der Waals surface area contributed by atoms with Crippen molar-refractivity contribution in [1.29, 1.82) is 0 Å². The fourth-order valence-corrected chi connectivity index (χ4v) is 3.09. The molecule has 7 heteroatoms. The molecule has 0 atom stereocenters. The highest BCUT2D eigenvalue weighted by Crippen LogP contribution is 2.28. The summed E-state index contributed by atoms with van der Waals surface area (Å²) < 4.78 is 2.24. The maximum atomic E-state index is 10.4. The molecule has 0 bridgehead atoms. The molecule has 3 rings (SSSR count). The molecule has 0 saturated heterocycles. The maximum Gasteiger partial charge on any atom is 0.207 e. The van der Waals surface area contributed by atoms with Crippen LogP contribution in [0, 0.1) is 0 Å². The monoisotopic (exact) mass is 340 g/mol. The first kappa shape index (κ1) is 17.1. The third-order valence-corrected chi connectivity index (χ3v) is 4.33. The molecule has 7 nitrogen and oxygen atoms in total. The minimum Gasteiger partial charge on any atom is -0.382 e. The number of amides is 1. The van der Waals surface area contributed by atoms with Crippen LogP contribution in [-0.2, 0) is 17.8 Å². The first-order valence-electron chi connectivity index (χ1n) is 8.82. The van der Waals surface area contributed by atoms with E-state index in [2.05, 4.69) is 26.8 Å². The Bertz CT molecular complexity index is 873. The zero-order valence-electron chi connectivity index (χ0n) is 14.5. The number of fused-ring (bicyclic) bond motifs is 3. The summed E-state index contributed by atoms with van der Waals surface area (Å²) in [6.07, 6.45) is 7.47. The van der Waals surface area contributed by atoms with Crippen LogP contribution in [0.4, 0.5) is 5.82 Å². The molecule has 3 aromatic rings. The van der Waals surface area contributed by atoms with E-state index >= 15 is 0 Å². The van der Waals surface area contributed by atoms with E-state index in [1.807, 2.05) is 12.1 Å². The zero-order valence-corrected chi connectivity index (χ0v) is 14.5. The third kappa shape index (κ3) is 3.55. The van der Waals surface area contributed by atoms with Crippen molar-refractivity contribution in [2.75, 3.05) is 12.3 Å². The lowest BCUT2D eigenvalue weighted by atomic mass is 10.2. The van der Waals surface area contributed by atoms with E-state index in [4.69, 9.17) is 10.7 Å². The van der Waals surface area contributed by atoms with Crippen LogP contribution in [-0.4, -0.2) is 32.5 Å². The summed E-state index contributed by atoms with van der Waals surface area (Å²) in [6.45, 7) is 3.68. The SMILES string of the molecule is CCCCc1nc2c(N)nc3cccnc3c2n1CCCCNC=O. The number of pyridine rings is 2. The van der Waals surface area contributed by atoms with Crippen LogP contribution in [0.2, 0.25) is 0 Å². The zero-order chi connectivity index (χ0) is 17.6. The summed E-state index contributed by atoms with van der Waals surface area (Å²) in [7, 11) is 0. The van der Waals surface area contributed by atoms with Gasteiger partial charge in [0.15, 0.2) is 5.82 Å². The van der Waals surface area contributed by atoms with Crippen LogP contribution >= 0.6 is 0 Å². The third-order valence-electron chi connectivity index (χ3n) is 4.33. The van der Waals surface area contributed by atoms with Crippen molar-refractivity contribution in [2.24, 2.45) is 0 Å². The molecule has 0 aromatic carbocycles. The number of nitrogen functional groups attached to an aromatic ring is 1. The van der Waals surface area contributed by atoms with E-state index in [0.29, 0.717) is 12.4 Å². The van der Waals surface area contributed by atoms with Gasteiger partial charge in [-0.1, -0.05) is 13.3 Å². The maximum absolute atomic E-state index is 10.4. The molecule has 0 unspecified atom stereocenters. The first-order chi connectivity index (χ1) is 12.3. The molecular formula is C18H24N6O. The topological polar surface area (TPSA) is 98.7 Å². The van der Waals surface area contributed by atoms with Crippen LogP contribution < -0.4 is 11.1 Å². The number of unbranched alkanes of at least 4 members (excludes halogenated alkanes) is 2. The predicted molar refractivity (Wildman–Crippen MR) is 99.2 cm³/mol. The Kier molecular flexibility index (Phi) is 5.42. The van der Waals surface area contributed by atoms with Crippen molar-refractivity contribution in [2.45, 2.75) is 45.6 Å². The number of carbonyl (C=O) groups excluding carboxylic acids is 1. The van der Waals surface area contributed by atoms with E-state index < -0.39 is 0 Å². The molecule has 132 valence electrons. The van der Waals surface area contributed by atoms with Crippen molar-refractivity contribution in [3.63, 3.8) is 0 Å².